The van der Waals surface area contributed by atoms with E-state index in [9.17, 15) is 37.5 Å². The fourth-order valence-corrected chi connectivity index (χ4v) is 8.17. The lowest BCUT2D eigenvalue weighted by Gasteiger charge is -2.28. The van der Waals surface area contributed by atoms with E-state index in [0.717, 1.165) is 59.9 Å². The maximum absolute atomic E-state index is 13.1. The van der Waals surface area contributed by atoms with Crippen LogP contribution < -0.4 is 9.47 Å². The van der Waals surface area contributed by atoms with Gasteiger partial charge in [0.05, 0.1) is 0 Å². The summed E-state index contributed by atoms with van der Waals surface area (Å²) in [5.41, 5.74) is 0.825. The third-order valence-electron chi connectivity index (χ3n) is 6.95. The molecule has 0 amide bonds. The Labute approximate surface area is 304 Å². The van der Waals surface area contributed by atoms with Crippen LogP contribution in [0.1, 0.15) is 46.4 Å². The van der Waals surface area contributed by atoms with Gasteiger partial charge in [-0.1, -0.05) is 73.0 Å². The summed E-state index contributed by atoms with van der Waals surface area (Å²) in [6.07, 6.45) is 2.98. The number of rotatable bonds is 18. The van der Waals surface area contributed by atoms with Gasteiger partial charge in [-0.2, -0.15) is 8.78 Å². The minimum atomic E-state index is -1.24. The summed E-state index contributed by atoms with van der Waals surface area (Å²) in [5, 5.41) is -0.509. The molecule has 268 valence electrons. The molecule has 16 heteroatoms. The molecule has 0 saturated heterocycles. The van der Waals surface area contributed by atoms with Crippen molar-refractivity contribution in [1.82, 2.24) is 0 Å². The zero-order valence-corrected chi connectivity index (χ0v) is 30.0. The lowest BCUT2D eigenvalue weighted by Crippen LogP contribution is -2.30. The Morgan fingerprint density at radius 2 is 0.920 bits per heavy atom. The van der Waals surface area contributed by atoms with E-state index >= 15 is 0 Å². The summed E-state index contributed by atoms with van der Waals surface area (Å²) in [4.78, 5) is 73.4. The first-order chi connectivity index (χ1) is 24.0. The van der Waals surface area contributed by atoms with E-state index in [1.807, 2.05) is 0 Å². The van der Waals surface area contributed by atoms with Crippen LogP contribution in [0.3, 0.4) is 0 Å². The topological polar surface area (TPSA) is 139 Å². The summed E-state index contributed by atoms with van der Waals surface area (Å²) in [7, 11) is 0. The van der Waals surface area contributed by atoms with Gasteiger partial charge in [0.25, 0.3) is 0 Å². The molecule has 1 fully saturated rings. The molecule has 0 unspecified atom stereocenters. The van der Waals surface area contributed by atoms with Crippen LogP contribution in [0.2, 0.25) is 0 Å². The van der Waals surface area contributed by atoms with Gasteiger partial charge in [0.15, 0.2) is 10.2 Å². The number of halogens is 2. The van der Waals surface area contributed by atoms with Gasteiger partial charge in [-0.05, 0) is 61.4 Å². The number of ether oxygens (including phenoxy) is 4. The van der Waals surface area contributed by atoms with Gasteiger partial charge in [0, 0.05) is 46.0 Å². The van der Waals surface area contributed by atoms with Crippen molar-refractivity contribution in [2.24, 2.45) is 11.8 Å². The average Bonchev–Trinajstić information content (AvgIpc) is 3.11. The summed E-state index contributed by atoms with van der Waals surface area (Å²) < 4.78 is 44.6. The minimum absolute atomic E-state index is 0.0572. The van der Waals surface area contributed by atoms with Crippen LogP contribution in [0.15, 0.2) is 73.3 Å². The van der Waals surface area contributed by atoms with Crippen LogP contribution in [0.4, 0.5) is 8.78 Å². The van der Waals surface area contributed by atoms with Crippen molar-refractivity contribution in [2.45, 2.75) is 25.7 Å². The Bertz CT molecular complexity index is 1430. The maximum Gasteiger partial charge on any atom is 0.369 e. The van der Waals surface area contributed by atoms with Crippen molar-refractivity contribution in [3.63, 3.8) is 0 Å². The summed E-state index contributed by atoms with van der Waals surface area (Å²) in [6, 6.07) is 12.2. The van der Waals surface area contributed by atoms with E-state index in [1.54, 1.807) is 0 Å². The number of esters is 2. The molecule has 50 heavy (non-hydrogen) atoms. The molecule has 0 radical (unpaired) electrons. The Morgan fingerprint density at radius 1 is 0.580 bits per heavy atom. The second-order valence-electron chi connectivity index (χ2n) is 10.4. The van der Waals surface area contributed by atoms with Gasteiger partial charge in [-0.25, -0.2) is 9.59 Å². The van der Waals surface area contributed by atoms with Crippen molar-refractivity contribution >= 4 is 79.4 Å². The molecule has 3 rings (SSSR count). The molecule has 2 aromatic carbocycles. The molecule has 0 heterocycles. The molecule has 1 aliphatic carbocycles. The minimum Gasteiger partial charge on any atom is -0.457 e. The molecule has 0 bridgehead atoms. The standard InChI is InChI=1S/C34H34F2O10S4/c1-21(35)29(37)45-19-43-25-11-7-23(8-12-25)31(39)47-15-17-49-33(41)27-5-3-4-6-28(27)34(42)50-18-16-48-32(40)24-9-13-26(14-10-24)44-20-46-30(38)22(2)36/h7-14,27-28H,1-6,15-20H2/t27-,28-/m0/s1. The van der Waals surface area contributed by atoms with E-state index in [0.29, 0.717) is 58.5 Å². The first-order valence-electron chi connectivity index (χ1n) is 15.1. The second-order valence-corrected chi connectivity index (χ2v) is 14.7. The van der Waals surface area contributed by atoms with E-state index in [-0.39, 0.29) is 20.5 Å². The smallest absolute Gasteiger partial charge is 0.369 e. The van der Waals surface area contributed by atoms with Gasteiger partial charge in [-0.15, -0.1) is 0 Å². The van der Waals surface area contributed by atoms with Gasteiger partial charge in [0.1, 0.15) is 11.5 Å². The lowest BCUT2D eigenvalue weighted by atomic mass is 9.81. The maximum atomic E-state index is 13.1. The number of hydrogen-bond acceptors (Lipinski definition) is 14. The van der Waals surface area contributed by atoms with Crippen molar-refractivity contribution < 1.29 is 56.5 Å². The zero-order chi connectivity index (χ0) is 36.5. The summed E-state index contributed by atoms with van der Waals surface area (Å²) >= 11 is 4.39. The van der Waals surface area contributed by atoms with Crippen LogP contribution in [-0.2, 0) is 28.7 Å². The van der Waals surface area contributed by atoms with Crippen LogP contribution in [0.5, 0.6) is 11.5 Å². The van der Waals surface area contributed by atoms with Gasteiger partial charge in [0.2, 0.25) is 35.5 Å². The first kappa shape index (κ1) is 40.8. The normalized spacial score (nSPS) is 15.3. The lowest BCUT2D eigenvalue weighted by molar-refractivity contribution is -0.148. The molecule has 1 aliphatic rings. The highest BCUT2D eigenvalue weighted by Gasteiger charge is 2.35. The SMILES string of the molecule is C=C(F)C(=O)OCOc1ccc(C(=O)SCCSC(=O)[C@H]2CCCC[C@@H]2C(=O)SCCSC(=O)c2ccc(OCOC(=O)C(=C)F)cc2)cc1. The average molecular weight is 769 g/mol. The van der Waals surface area contributed by atoms with E-state index in [1.165, 1.54) is 48.5 Å². The van der Waals surface area contributed by atoms with Crippen LogP contribution in [-0.4, -0.2) is 69.0 Å². The first-order valence-corrected chi connectivity index (χ1v) is 19.1. The second kappa shape index (κ2) is 21.6. The Morgan fingerprint density at radius 3 is 1.26 bits per heavy atom. The van der Waals surface area contributed by atoms with Crippen molar-refractivity contribution in [2.75, 3.05) is 36.6 Å². The molecule has 2 aromatic rings. The Balaban J connectivity index is 1.34. The molecule has 1 saturated carbocycles. The fraction of sp³-hybridized carbons (Fsp3) is 0.353. The van der Waals surface area contributed by atoms with Crippen LogP contribution >= 0.6 is 47.0 Å². The highest BCUT2D eigenvalue weighted by atomic mass is 32.2. The molecular weight excluding hydrogens is 735 g/mol. The molecule has 0 aromatic heterocycles. The van der Waals surface area contributed by atoms with E-state index in [2.05, 4.69) is 22.6 Å². The molecule has 0 aliphatic heterocycles. The van der Waals surface area contributed by atoms with E-state index in [4.69, 9.17) is 9.47 Å². The van der Waals surface area contributed by atoms with Gasteiger partial charge < -0.3 is 18.9 Å². The number of thioether (sulfide) groups is 4. The predicted octanol–water partition coefficient (Wildman–Crippen LogP) is 7.19. The molecule has 10 nitrogen and oxygen atoms in total. The highest BCUT2D eigenvalue weighted by molar-refractivity contribution is 8.17. The quantitative estimate of drug-likeness (QED) is 0.0654. The third kappa shape index (κ3) is 14.0. The predicted molar refractivity (Wildman–Crippen MR) is 191 cm³/mol. The van der Waals surface area contributed by atoms with Crippen molar-refractivity contribution in [1.29, 1.82) is 0 Å². The largest absolute Gasteiger partial charge is 0.457 e. The van der Waals surface area contributed by atoms with Crippen molar-refractivity contribution in [3.8, 4) is 11.5 Å². The fourth-order valence-electron chi connectivity index (χ4n) is 4.46. The summed E-state index contributed by atoms with van der Waals surface area (Å²) in [6.45, 7) is 4.63. The zero-order valence-electron chi connectivity index (χ0n) is 26.7. The van der Waals surface area contributed by atoms with Gasteiger partial charge in [-0.3, -0.25) is 19.2 Å². The Kier molecular flexibility index (Phi) is 17.6. The number of carbonyl (C=O) groups excluding carboxylic acids is 6. The molecular formula is C34H34F2O10S4. The van der Waals surface area contributed by atoms with Crippen molar-refractivity contribution in [3.05, 3.63) is 84.5 Å². The number of carbonyl (C=O) groups is 6. The highest BCUT2D eigenvalue weighted by Crippen LogP contribution is 2.37. The van der Waals surface area contributed by atoms with E-state index < -0.39 is 49.0 Å². The third-order valence-corrected chi connectivity index (χ3v) is 11.3. The molecule has 0 N–H and O–H groups in total. The van der Waals surface area contributed by atoms with Crippen LogP contribution in [0, 0.1) is 11.8 Å². The number of hydrogen-bond donors (Lipinski definition) is 0. The monoisotopic (exact) mass is 768 g/mol. The summed E-state index contributed by atoms with van der Waals surface area (Å²) in [5.74, 6) is -3.48. The van der Waals surface area contributed by atoms with Crippen LogP contribution in [0.25, 0.3) is 0 Å². The van der Waals surface area contributed by atoms with Gasteiger partial charge >= 0.3 is 11.9 Å². The number of benzene rings is 2. The Hall–Kier alpha value is -3.60. The molecule has 0 spiro atoms. The molecule has 2 atom stereocenters.